The number of ether oxygens (including phenoxy) is 1. The minimum Gasteiger partial charge on any atom is -0.508 e. The highest BCUT2D eigenvalue weighted by atomic mass is 16.5. The van der Waals surface area contributed by atoms with Crippen LogP contribution in [0.5, 0.6) is 11.5 Å². The summed E-state index contributed by atoms with van der Waals surface area (Å²) in [6, 6.07) is 15.1. The highest BCUT2D eigenvalue weighted by Crippen LogP contribution is 2.12. The number of benzene rings is 2. The summed E-state index contributed by atoms with van der Waals surface area (Å²) in [4.78, 5) is 11.8. The van der Waals surface area contributed by atoms with Gasteiger partial charge in [0.2, 0.25) is 0 Å². The minimum atomic E-state index is -0.385. The van der Waals surface area contributed by atoms with Crippen LogP contribution in [0.1, 0.15) is 24.5 Å². The van der Waals surface area contributed by atoms with Gasteiger partial charge in [0.25, 0.3) is 5.91 Å². The number of carbonyl (C=O) groups is 1. The zero-order valence-corrected chi connectivity index (χ0v) is 13.2. The second kappa shape index (κ2) is 8.34. The third-order valence-corrected chi connectivity index (χ3v) is 3.20. The first kappa shape index (κ1) is 17.0. The normalized spacial score (nSPS) is 10.8. The van der Waals surface area contributed by atoms with Gasteiger partial charge in [-0.1, -0.05) is 6.92 Å². The molecule has 0 aliphatic carbocycles. The largest absolute Gasteiger partial charge is 0.508 e. The van der Waals surface area contributed by atoms with Crippen LogP contribution in [0, 0.1) is 11.3 Å². The van der Waals surface area contributed by atoms with Crippen molar-refractivity contribution in [2.24, 2.45) is 5.10 Å². The quantitative estimate of drug-likeness (QED) is 0.631. The van der Waals surface area contributed by atoms with Crippen LogP contribution in [0.2, 0.25) is 0 Å². The molecule has 2 aromatic rings. The van der Waals surface area contributed by atoms with E-state index in [-0.39, 0.29) is 18.3 Å². The Labute approximate surface area is 140 Å². The molecule has 2 N–H and O–H groups in total. The van der Waals surface area contributed by atoms with Crippen LogP contribution >= 0.6 is 0 Å². The molecule has 24 heavy (non-hydrogen) atoms. The van der Waals surface area contributed by atoms with Crippen molar-refractivity contribution in [2.45, 2.75) is 13.3 Å². The van der Waals surface area contributed by atoms with Crippen LogP contribution in [0.15, 0.2) is 53.6 Å². The van der Waals surface area contributed by atoms with Crippen LogP contribution < -0.4 is 10.2 Å². The fraction of sp³-hybridized carbons (Fsp3) is 0.167. The summed E-state index contributed by atoms with van der Waals surface area (Å²) in [6.45, 7) is 1.74. The zero-order valence-electron chi connectivity index (χ0n) is 13.2. The first-order valence-electron chi connectivity index (χ1n) is 7.40. The Morgan fingerprint density at radius 2 is 1.88 bits per heavy atom. The summed E-state index contributed by atoms with van der Waals surface area (Å²) in [5, 5.41) is 22.1. The van der Waals surface area contributed by atoms with Crippen LogP contribution in [-0.2, 0) is 4.79 Å². The monoisotopic (exact) mass is 323 g/mol. The topological polar surface area (TPSA) is 94.7 Å². The minimum absolute atomic E-state index is 0.175. The van der Waals surface area contributed by atoms with E-state index in [1.807, 2.05) is 13.0 Å². The Hall–Kier alpha value is -3.33. The number of nitrogens with one attached hydrogen (secondary N) is 1. The molecule has 1 amide bonds. The number of phenols is 1. The molecule has 0 unspecified atom stereocenters. The Morgan fingerprint density at radius 3 is 2.46 bits per heavy atom. The first-order chi connectivity index (χ1) is 11.6. The maximum atomic E-state index is 11.8. The summed E-state index contributed by atoms with van der Waals surface area (Å²) in [7, 11) is 0. The number of nitrogens with zero attached hydrogens (tertiary/aromatic N) is 2. The maximum Gasteiger partial charge on any atom is 0.277 e. The van der Waals surface area contributed by atoms with Crippen LogP contribution in [0.3, 0.4) is 0 Å². The van der Waals surface area contributed by atoms with Gasteiger partial charge in [-0.25, -0.2) is 5.43 Å². The lowest BCUT2D eigenvalue weighted by atomic mass is 10.1. The number of hydrogen-bond acceptors (Lipinski definition) is 5. The summed E-state index contributed by atoms with van der Waals surface area (Å²) < 4.78 is 5.33. The van der Waals surface area contributed by atoms with E-state index in [2.05, 4.69) is 10.5 Å². The SMILES string of the molecule is CC/C(=N\NC(=O)COc1ccc(C#N)cc1)c1ccc(O)cc1. The average Bonchev–Trinajstić information content (AvgIpc) is 2.62. The number of amides is 1. The van der Waals surface area contributed by atoms with Crippen LogP contribution in [-0.4, -0.2) is 23.3 Å². The van der Waals surface area contributed by atoms with Gasteiger partial charge in [-0.2, -0.15) is 10.4 Å². The predicted octanol–water partition coefficient (Wildman–Crippen LogP) is 2.57. The fourth-order valence-corrected chi connectivity index (χ4v) is 1.94. The average molecular weight is 323 g/mol. The molecule has 0 atom stereocenters. The number of aromatic hydroxyl groups is 1. The van der Waals surface area contributed by atoms with Crippen molar-refractivity contribution in [2.75, 3.05) is 6.61 Å². The summed E-state index contributed by atoms with van der Waals surface area (Å²) >= 11 is 0. The van der Waals surface area contributed by atoms with E-state index >= 15 is 0 Å². The fourth-order valence-electron chi connectivity index (χ4n) is 1.94. The predicted molar refractivity (Wildman–Crippen MR) is 89.7 cm³/mol. The maximum absolute atomic E-state index is 11.8. The molecule has 0 aliphatic heterocycles. The molecular weight excluding hydrogens is 306 g/mol. The number of carbonyl (C=O) groups excluding carboxylic acids is 1. The van der Waals surface area contributed by atoms with Crippen molar-refractivity contribution >= 4 is 11.6 Å². The lowest BCUT2D eigenvalue weighted by molar-refractivity contribution is -0.123. The molecule has 2 rings (SSSR count). The van der Waals surface area contributed by atoms with Crippen LogP contribution in [0.25, 0.3) is 0 Å². The lowest BCUT2D eigenvalue weighted by Crippen LogP contribution is -2.26. The molecule has 0 spiro atoms. The Kier molecular flexibility index (Phi) is 5.92. The van der Waals surface area contributed by atoms with Crippen LogP contribution in [0.4, 0.5) is 0 Å². The third-order valence-electron chi connectivity index (χ3n) is 3.20. The Morgan fingerprint density at radius 1 is 1.21 bits per heavy atom. The van der Waals surface area contributed by atoms with Crippen molar-refractivity contribution in [3.05, 3.63) is 59.7 Å². The van der Waals surface area contributed by atoms with E-state index < -0.39 is 0 Å². The molecule has 0 bridgehead atoms. The number of phenolic OH excluding ortho intramolecular Hbond substituents is 1. The molecule has 2 aromatic carbocycles. The van der Waals surface area contributed by atoms with Gasteiger partial charge in [0, 0.05) is 0 Å². The summed E-state index contributed by atoms with van der Waals surface area (Å²) in [5.74, 6) is 0.292. The molecular formula is C18H17N3O3. The molecule has 0 radical (unpaired) electrons. The van der Waals surface area contributed by atoms with E-state index in [9.17, 15) is 9.90 Å². The molecule has 122 valence electrons. The molecule has 6 nitrogen and oxygen atoms in total. The third kappa shape index (κ3) is 4.85. The van der Waals surface area contributed by atoms with E-state index in [0.717, 1.165) is 5.56 Å². The van der Waals surface area contributed by atoms with Crippen molar-refractivity contribution < 1.29 is 14.6 Å². The van der Waals surface area contributed by atoms with E-state index in [1.165, 1.54) is 0 Å². The number of rotatable bonds is 6. The number of hydrazone groups is 1. The molecule has 0 saturated carbocycles. The molecule has 0 heterocycles. The number of hydrogen-bond donors (Lipinski definition) is 2. The summed E-state index contributed by atoms with van der Waals surface area (Å²) in [5.41, 5.74) is 4.49. The highest BCUT2D eigenvalue weighted by Gasteiger charge is 2.05. The molecule has 0 fully saturated rings. The first-order valence-corrected chi connectivity index (χ1v) is 7.40. The van der Waals surface area contributed by atoms with Gasteiger partial charge in [0.1, 0.15) is 11.5 Å². The van der Waals surface area contributed by atoms with E-state index in [4.69, 9.17) is 10.00 Å². The van der Waals surface area contributed by atoms with Gasteiger partial charge >= 0.3 is 0 Å². The van der Waals surface area contributed by atoms with Crippen molar-refractivity contribution in [1.82, 2.24) is 5.43 Å². The summed E-state index contributed by atoms with van der Waals surface area (Å²) in [6.07, 6.45) is 0.627. The van der Waals surface area contributed by atoms with Crippen molar-refractivity contribution in [1.29, 1.82) is 5.26 Å². The van der Waals surface area contributed by atoms with Gasteiger partial charge in [0.15, 0.2) is 6.61 Å². The smallest absolute Gasteiger partial charge is 0.277 e. The second-order valence-corrected chi connectivity index (χ2v) is 4.92. The van der Waals surface area contributed by atoms with Gasteiger partial charge < -0.3 is 9.84 Å². The Bertz CT molecular complexity index is 760. The van der Waals surface area contributed by atoms with Crippen molar-refractivity contribution in [3.8, 4) is 17.6 Å². The van der Waals surface area contributed by atoms with Gasteiger partial charge in [-0.15, -0.1) is 0 Å². The molecule has 0 aromatic heterocycles. The highest BCUT2D eigenvalue weighted by molar-refractivity contribution is 6.01. The van der Waals surface area contributed by atoms with Gasteiger partial charge in [-0.3, -0.25) is 4.79 Å². The van der Waals surface area contributed by atoms with Crippen molar-refractivity contribution in [3.63, 3.8) is 0 Å². The number of nitriles is 1. The van der Waals surface area contributed by atoms with E-state index in [0.29, 0.717) is 23.4 Å². The molecule has 0 saturated heterocycles. The van der Waals surface area contributed by atoms with Gasteiger partial charge in [-0.05, 0) is 60.5 Å². The Balaban J connectivity index is 1.90. The molecule has 0 aliphatic rings. The lowest BCUT2D eigenvalue weighted by Gasteiger charge is -2.07. The zero-order chi connectivity index (χ0) is 17.4. The van der Waals surface area contributed by atoms with Gasteiger partial charge in [0.05, 0.1) is 17.3 Å². The van der Waals surface area contributed by atoms with E-state index in [1.54, 1.807) is 48.5 Å². The standard InChI is InChI=1S/C18H17N3O3/c1-2-17(14-5-7-15(22)8-6-14)20-21-18(23)12-24-16-9-3-13(11-19)4-10-16/h3-10,22H,2,12H2,1H3,(H,21,23)/b20-17+. The second-order valence-electron chi connectivity index (χ2n) is 4.92. The molecule has 6 heteroatoms.